The van der Waals surface area contributed by atoms with E-state index in [2.05, 4.69) is 29.4 Å². The summed E-state index contributed by atoms with van der Waals surface area (Å²) in [5, 5.41) is 4.72. The van der Waals surface area contributed by atoms with E-state index < -0.39 is 0 Å². The number of hydrogen-bond donors (Lipinski definition) is 2. The summed E-state index contributed by atoms with van der Waals surface area (Å²) in [6.45, 7) is 6.00. The molecule has 0 bridgehead atoms. The minimum Gasteiger partial charge on any atom is -0.335 e. The van der Waals surface area contributed by atoms with E-state index in [1.165, 1.54) is 0 Å². The normalized spacial score (nSPS) is 11.3. The molecule has 0 spiro atoms. The van der Waals surface area contributed by atoms with E-state index in [1.807, 2.05) is 13.0 Å². The fourth-order valence-electron chi connectivity index (χ4n) is 1.52. The number of nitrogens with zero attached hydrogens (tertiary/aromatic N) is 2. The Morgan fingerprint density at radius 3 is 2.80 bits per heavy atom. The molecule has 0 amide bonds. The number of aryl methyl sites for hydroxylation is 1. The van der Waals surface area contributed by atoms with Crippen LogP contribution in [-0.4, -0.2) is 10.1 Å². The lowest BCUT2D eigenvalue weighted by Crippen LogP contribution is -2.08. The second kappa shape index (κ2) is 3.51. The van der Waals surface area contributed by atoms with E-state index in [0.717, 1.165) is 22.5 Å². The minimum absolute atomic E-state index is 0.326. The quantitative estimate of drug-likeness (QED) is 0.580. The van der Waals surface area contributed by atoms with Crippen molar-refractivity contribution >= 4 is 16.8 Å². The van der Waals surface area contributed by atoms with Crippen molar-refractivity contribution < 1.29 is 4.52 Å². The van der Waals surface area contributed by atoms with E-state index in [4.69, 9.17) is 10.4 Å². The summed E-state index contributed by atoms with van der Waals surface area (Å²) in [4.78, 5) is 4.38. The first-order chi connectivity index (χ1) is 7.13. The molecule has 5 nitrogen and oxygen atoms in total. The number of fused-ring (bicyclic) bond motifs is 1. The second-order valence-electron chi connectivity index (χ2n) is 3.84. The zero-order chi connectivity index (χ0) is 11.0. The van der Waals surface area contributed by atoms with Gasteiger partial charge in [0.05, 0.1) is 16.8 Å². The molecule has 0 aliphatic rings. The molecule has 2 heterocycles. The molecule has 0 saturated carbocycles. The van der Waals surface area contributed by atoms with Crippen LogP contribution < -0.4 is 11.3 Å². The van der Waals surface area contributed by atoms with Gasteiger partial charge in [-0.3, -0.25) is 5.84 Å². The maximum absolute atomic E-state index is 5.47. The molecular weight excluding hydrogens is 192 g/mol. The Bertz CT molecular complexity index is 489. The number of pyridine rings is 1. The number of anilines is 1. The van der Waals surface area contributed by atoms with Gasteiger partial charge in [-0.1, -0.05) is 19.0 Å². The molecule has 5 heteroatoms. The number of nitrogens with one attached hydrogen (secondary N) is 1. The number of aromatic nitrogens is 2. The van der Waals surface area contributed by atoms with Gasteiger partial charge in [0.15, 0.2) is 0 Å². The van der Waals surface area contributed by atoms with Crippen LogP contribution in [0, 0.1) is 6.92 Å². The van der Waals surface area contributed by atoms with Crippen molar-refractivity contribution in [3.8, 4) is 0 Å². The van der Waals surface area contributed by atoms with Gasteiger partial charge >= 0.3 is 0 Å². The molecule has 0 aromatic carbocycles. The summed E-state index contributed by atoms with van der Waals surface area (Å²) in [5.41, 5.74) is 5.72. The molecule has 0 atom stereocenters. The molecule has 2 aromatic rings. The smallest absolute Gasteiger partial charge is 0.260 e. The Balaban J connectivity index is 2.73. The van der Waals surface area contributed by atoms with Crippen LogP contribution in [0.25, 0.3) is 11.1 Å². The Labute approximate surface area is 87.6 Å². The maximum Gasteiger partial charge on any atom is 0.260 e. The predicted molar refractivity (Wildman–Crippen MR) is 58.4 cm³/mol. The molecule has 3 N–H and O–H groups in total. The topological polar surface area (TPSA) is 77.0 Å². The van der Waals surface area contributed by atoms with Crippen molar-refractivity contribution in [3.63, 3.8) is 0 Å². The SMILES string of the molecule is Cc1noc2nc(C(C)C)cc(NN)c12. The predicted octanol–water partition coefficient (Wildman–Crippen LogP) is 1.94. The third-order valence-electron chi connectivity index (χ3n) is 2.38. The summed E-state index contributed by atoms with van der Waals surface area (Å²) in [6.07, 6.45) is 0. The Kier molecular flexibility index (Phi) is 2.32. The van der Waals surface area contributed by atoms with Crippen molar-refractivity contribution in [1.82, 2.24) is 10.1 Å². The van der Waals surface area contributed by atoms with E-state index in [1.54, 1.807) is 0 Å². The lowest BCUT2D eigenvalue weighted by Gasteiger charge is -2.07. The summed E-state index contributed by atoms with van der Waals surface area (Å²) in [7, 11) is 0. The molecule has 0 fully saturated rings. The zero-order valence-corrected chi connectivity index (χ0v) is 9.03. The van der Waals surface area contributed by atoms with Crippen molar-refractivity contribution in [2.45, 2.75) is 26.7 Å². The van der Waals surface area contributed by atoms with Crippen LogP contribution in [0.4, 0.5) is 5.69 Å². The largest absolute Gasteiger partial charge is 0.335 e. The van der Waals surface area contributed by atoms with E-state index >= 15 is 0 Å². The fraction of sp³-hybridized carbons (Fsp3) is 0.400. The summed E-state index contributed by atoms with van der Waals surface area (Å²) >= 11 is 0. The summed E-state index contributed by atoms with van der Waals surface area (Å²) in [6, 6.07) is 1.93. The molecular formula is C10H14N4O. The highest BCUT2D eigenvalue weighted by molar-refractivity contribution is 5.89. The van der Waals surface area contributed by atoms with Crippen LogP contribution in [0.2, 0.25) is 0 Å². The summed E-state index contributed by atoms with van der Waals surface area (Å²) < 4.78 is 5.13. The molecule has 0 saturated heterocycles. The Morgan fingerprint density at radius 1 is 1.47 bits per heavy atom. The highest BCUT2D eigenvalue weighted by Gasteiger charge is 2.13. The number of nitrogens with two attached hydrogens (primary N) is 1. The minimum atomic E-state index is 0.326. The summed E-state index contributed by atoms with van der Waals surface area (Å²) in [5.74, 6) is 5.79. The molecule has 0 unspecified atom stereocenters. The van der Waals surface area contributed by atoms with Gasteiger partial charge in [-0.05, 0) is 18.9 Å². The van der Waals surface area contributed by atoms with E-state index in [-0.39, 0.29) is 0 Å². The van der Waals surface area contributed by atoms with Gasteiger partial charge in [-0.15, -0.1) is 0 Å². The van der Waals surface area contributed by atoms with Crippen molar-refractivity contribution in [2.24, 2.45) is 5.84 Å². The van der Waals surface area contributed by atoms with Crippen LogP contribution >= 0.6 is 0 Å². The Morgan fingerprint density at radius 2 is 2.20 bits per heavy atom. The van der Waals surface area contributed by atoms with Crippen molar-refractivity contribution in [1.29, 1.82) is 0 Å². The zero-order valence-electron chi connectivity index (χ0n) is 9.03. The fourth-order valence-corrected chi connectivity index (χ4v) is 1.52. The number of rotatable bonds is 2. The number of hydrogen-bond acceptors (Lipinski definition) is 5. The third kappa shape index (κ3) is 1.55. The molecule has 0 radical (unpaired) electrons. The van der Waals surface area contributed by atoms with Crippen LogP contribution in [0.1, 0.15) is 31.2 Å². The van der Waals surface area contributed by atoms with Crippen LogP contribution in [-0.2, 0) is 0 Å². The molecule has 80 valence electrons. The van der Waals surface area contributed by atoms with Crippen molar-refractivity contribution in [3.05, 3.63) is 17.5 Å². The average Bonchev–Trinajstić information content (AvgIpc) is 2.59. The average molecular weight is 206 g/mol. The molecule has 2 aromatic heterocycles. The van der Waals surface area contributed by atoms with Gasteiger partial charge in [0.2, 0.25) is 0 Å². The first-order valence-electron chi connectivity index (χ1n) is 4.87. The Hall–Kier alpha value is -1.62. The molecule has 15 heavy (non-hydrogen) atoms. The van der Waals surface area contributed by atoms with Gasteiger partial charge < -0.3 is 9.95 Å². The van der Waals surface area contributed by atoms with Crippen LogP contribution in [0.5, 0.6) is 0 Å². The lowest BCUT2D eigenvalue weighted by molar-refractivity contribution is 0.442. The number of nitrogen functional groups attached to an aromatic ring is 1. The molecule has 2 rings (SSSR count). The number of hydrazine groups is 1. The monoisotopic (exact) mass is 206 g/mol. The third-order valence-corrected chi connectivity index (χ3v) is 2.38. The van der Waals surface area contributed by atoms with E-state index in [0.29, 0.717) is 11.6 Å². The van der Waals surface area contributed by atoms with Gasteiger partial charge in [0, 0.05) is 5.69 Å². The van der Waals surface area contributed by atoms with Crippen LogP contribution in [0.3, 0.4) is 0 Å². The standard InChI is InChI=1S/C10H14N4O/c1-5(2)7-4-8(13-11)9-6(3)14-15-10(9)12-7/h4-5H,11H2,1-3H3,(H,12,13). The van der Waals surface area contributed by atoms with E-state index in [9.17, 15) is 0 Å². The molecule has 0 aliphatic heterocycles. The maximum atomic E-state index is 5.47. The van der Waals surface area contributed by atoms with Crippen LogP contribution in [0.15, 0.2) is 10.6 Å². The molecule has 0 aliphatic carbocycles. The first-order valence-corrected chi connectivity index (χ1v) is 4.87. The van der Waals surface area contributed by atoms with Gasteiger partial charge in [0.25, 0.3) is 5.71 Å². The van der Waals surface area contributed by atoms with Crippen molar-refractivity contribution in [2.75, 3.05) is 5.43 Å². The van der Waals surface area contributed by atoms with Gasteiger partial charge in [-0.25, -0.2) is 4.98 Å². The van der Waals surface area contributed by atoms with Gasteiger partial charge in [-0.2, -0.15) is 0 Å². The first kappa shape index (κ1) is 9.92. The van der Waals surface area contributed by atoms with Gasteiger partial charge in [0.1, 0.15) is 0 Å². The lowest BCUT2D eigenvalue weighted by atomic mass is 10.1. The highest BCUT2D eigenvalue weighted by atomic mass is 16.5. The highest BCUT2D eigenvalue weighted by Crippen LogP contribution is 2.27. The second-order valence-corrected chi connectivity index (χ2v) is 3.84.